The Hall–Kier alpha value is -4.23. The smallest absolute Gasteiger partial charge is 0.270 e. The number of anilines is 1. The maximum Gasteiger partial charge on any atom is 0.270 e. The zero-order valence-corrected chi connectivity index (χ0v) is 16.9. The number of nitro groups is 1. The number of ketones is 1. The Morgan fingerprint density at radius 3 is 2.81 bits per heavy atom. The van der Waals surface area contributed by atoms with Crippen LogP contribution in [0.1, 0.15) is 22.3 Å². The molecule has 0 aliphatic carbocycles. The lowest BCUT2D eigenvalue weighted by Crippen LogP contribution is -2.00. The van der Waals surface area contributed by atoms with E-state index in [-0.39, 0.29) is 23.8 Å². The number of hydrogen-bond acceptors (Lipinski definition) is 9. The predicted molar refractivity (Wildman–Crippen MR) is 114 cm³/mol. The summed E-state index contributed by atoms with van der Waals surface area (Å²) < 4.78 is 10.7. The lowest BCUT2D eigenvalue weighted by atomic mass is 10.1. The molecule has 1 N–H and O–H groups in total. The van der Waals surface area contributed by atoms with Gasteiger partial charge in [-0.1, -0.05) is 12.1 Å². The first kappa shape index (κ1) is 20.1. The number of rotatable bonds is 6. The van der Waals surface area contributed by atoms with Crippen LogP contribution in [-0.4, -0.2) is 22.5 Å². The number of non-ortho nitro benzene ring substituents is 1. The molecule has 0 amide bonds. The minimum absolute atomic E-state index is 0.0377. The van der Waals surface area contributed by atoms with Crippen LogP contribution in [0.4, 0.5) is 11.4 Å². The summed E-state index contributed by atoms with van der Waals surface area (Å²) in [7, 11) is 0. The molecule has 0 saturated heterocycles. The van der Waals surface area contributed by atoms with Gasteiger partial charge in [-0.15, -0.1) is 11.3 Å². The Balaban J connectivity index is 1.62. The summed E-state index contributed by atoms with van der Waals surface area (Å²) in [6, 6.07) is 11.4. The number of carbonyl (C=O) groups excluding carboxylic acids is 1. The van der Waals surface area contributed by atoms with Gasteiger partial charge in [-0.25, -0.2) is 4.98 Å². The van der Waals surface area contributed by atoms with Crippen LogP contribution in [0.15, 0.2) is 48.0 Å². The molecular formula is C21H14N4O5S. The van der Waals surface area contributed by atoms with Crippen LogP contribution in [0.5, 0.6) is 11.5 Å². The van der Waals surface area contributed by atoms with E-state index in [2.05, 4.69) is 16.4 Å². The van der Waals surface area contributed by atoms with Gasteiger partial charge in [0.05, 0.1) is 16.3 Å². The summed E-state index contributed by atoms with van der Waals surface area (Å²) >= 11 is 1.23. The highest BCUT2D eigenvalue weighted by Gasteiger charge is 2.19. The topological polar surface area (TPSA) is 127 Å². The number of allylic oxidation sites excluding steroid dienone is 1. The maximum atomic E-state index is 12.0. The summed E-state index contributed by atoms with van der Waals surface area (Å²) in [4.78, 5) is 27.0. The third-order valence-electron chi connectivity index (χ3n) is 4.47. The van der Waals surface area contributed by atoms with Crippen LogP contribution in [0.2, 0.25) is 0 Å². The molecule has 0 atom stereocenters. The predicted octanol–water partition coefficient (Wildman–Crippen LogP) is 4.63. The van der Waals surface area contributed by atoms with E-state index < -0.39 is 4.92 Å². The molecule has 0 radical (unpaired) electrons. The fraction of sp³-hybridized carbons (Fsp3) is 0.0952. The molecule has 3 aromatic rings. The van der Waals surface area contributed by atoms with Gasteiger partial charge < -0.3 is 14.8 Å². The van der Waals surface area contributed by atoms with E-state index in [1.807, 2.05) is 0 Å². The van der Waals surface area contributed by atoms with Crippen molar-refractivity contribution >= 4 is 34.1 Å². The minimum Gasteiger partial charge on any atom is -0.454 e. The largest absolute Gasteiger partial charge is 0.454 e. The second kappa shape index (κ2) is 8.25. The number of fused-ring (bicyclic) bond motifs is 1. The van der Waals surface area contributed by atoms with E-state index in [0.29, 0.717) is 39.0 Å². The normalized spacial score (nSPS) is 12.3. The van der Waals surface area contributed by atoms with Crippen molar-refractivity contribution in [1.82, 2.24) is 4.98 Å². The number of ether oxygens (including phenoxy) is 2. The highest BCUT2D eigenvalue weighted by Crippen LogP contribution is 2.37. The molecule has 0 saturated carbocycles. The van der Waals surface area contributed by atoms with Crippen molar-refractivity contribution < 1.29 is 19.2 Å². The van der Waals surface area contributed by atoms with Crippen LogP contribution in [-0.2, 0) is 0 Å². The van der Waals surface area contributed by atoms with Gasteiger partial charge >= 0.3 is 0 Å². The standard InChI is InChI=1S/C21H14N4O5S/c1-12(26)16-6-19-20(30-11-29-19)7-17(16)23-9-14(8-22)21-24-18(10-31-21)13-3-2-4-15(5-13)25(27)28/h2-7,9-10,23H,11H2,1H3. The Kier molecular flexibility index (Phi) is 5.34. The van der Waals surface area contributed by atoms with Gasteiger partial charge in [0.15, 0.2) is 17.3 Å². The molecule has 1 aromatic heterocycles. The number of nitro benzene ring substituents is 1. The van der Waals surface area contributed by atoms with E-state index in [1.54, 1.807) is 29.6 Å². The van der Waals surface area contributed by atoms with Gasteiger partial charge in [-0.2, -0.15) is 5.26 Å². The molecule has 10 heteroatoms. The lowest BCUT2D eigenvalue weighted by Gasteiger charge is -2.08. The Bertz CT molecular complexity index is 1280. The van der Waals surface area contributed by atoms with Crippen molar-refractivity contribution in [3.8, 4) is 28.8 Å². The van der Waals surface area contributed by atoms with Gasteiger partial charge in [0.25, 0.3) is 5.69 Å². The Morgan fingerprint density at radius 1 is 1.32 bits per heavy atom. The zero-order valence-electron chi connectivity index (χ0n) is 16.1. The first-order chi connectivity index (χ1) is 15.0. The van der Waals surface area contributed by atoms with Crippen molar-refractivity contribution in [1.29, 1.82) is 5.26 Å². The van der Waals surface area contributed by atoms with E-state index in [0.717, 1.165) is 0 Å². The highest BCUT2D eigenvalue weighted by atomic mass is 32.1. The van der Waals surface area contributed by atoms with E-state index in [4.69, 9.17) is 9.47 Å². The zero-order chi connectivity index (χ0) is 22.0. The second-order valence-electron chi connectivity index (χ2n) is 6.47. The summed E-state index contributed by atoms with van der Waals surface area (Å²) in [5.74, 6) is 0.818. The monoisotopic (exact) mass is 434 g/mol. The number of aromatic nitrogens is 1. The first-order valence-corrected chi connectivity index (χ1v) is 9.86. The molecular weight excluding hydrogens is 420 g/mol. The number of thiazole rings is 1. The summed E-state index contributed by atoms with van der Waals surface area (Å²) in [6.07, 6.45) is 1.46. The number of benzene rings is 2. The number of nitrogens with one attached hydrogen (secondary N) is 1. The van der Waals surface area contributed by atoms with E-state index >= 15 is 0 Å². The maximum absolute atomic E-state index is 12.0. The summed E-state index contributed by atoms with van der Waals surface area (Å²) in [5, 5.41) is 25.7. The summed E-state index contributed by atoms with van der Waals surface area (Å²) in [6.45, 7) is 1.51. The average molecular weight is 434 g/mol. The van der Waals surface area contributed by atoms with Gasteiger partial charge in [0.2, 0.25) is 6.79 Å². The van der Waals surface area contributed by atoms with E-state index in [9.17, 15) is 20.2 Å². The van der Waals surface area contributed by atoms with Crippen molar-refractivity contribution in [2.75, 3.05) is 12.1 Å². The van der Waals surface area contributed by atoms with Crippen molar-refractivity contribution in [3.05, 3.63) is 68.7 Å². The molecule has 2 aromatic carbocycles. The van der Waals surface area contributed by atoms with Crippen LogP contribution in [0, 0.1) is 21.4 Å². The van der Waals surface area contributed by atoms with Crippen LogP contribution >= 0.6 is 11.3 Å². The number of carbonyl (C=O) groups is 1. The molecule has 2 heterocycles. The van der Waals surface area contributed by atoms with Gasteiger partial charge in [0.1, 0.15) is 16.6 Å². The third kappa shape index (κ3) is 4.08. The third-order valence-corrected chi connectivity index (χ3v) is 5.35. The average Bonchev–Trinajstić information content (AvgIpc) is 3.43. The molecule has 0 unspecified atom stereocenters. The molecule has 31 heavy (non-hydrogen) atoms. The Labute approximate surface area is 180 Å². The first-order valence-electron chi connectivity index (χ1n) is 8.98. The molecule has 1 aliphatic heterocycles. The van der Waals surface area contributed by atoms with Crippen molar-refractivity contribution in [2.24, 2.45) is 0 Å². The highest BCUT2D eigenvalue weighted by molar-refractivity contribution is 7.11. The number of nitriles is 1. The fourth-order valence-corrected chi connectivity index (χ4v) is 3.75. The molecule has 0 fully saturated rings. The van der Waals surface area contributed by atoms with E-state index in [1.165, 1.54) is 36.6 Å². The number of nitrogens with zero attached hydrogens (tertiary/aromatic N) is 3. The lowest BCUT2D eigenvalue weighted by molar-refractivity contribution is -0.384. The van der Waals surface area contributed by atoms with Gasteiger partial charge in [0, 0.05) is 40.9 Å². The fourth-order valence-electron chi connectivity index (χ4n) is 2.95. The van der Waals surface area contributed by atoms with Crippen LogP contribution in [0.3, 0.4) is 0 Å². The minimum atomic E-state index is -0.473. The SMILES string of the molecule is CC(=O)c1cc2c(cc1NC=C(C#N)c1nc(-c3cccc([N+](=O)[O-])c3)cs1)OCO2. The number of Topliss-reactive ketones (excluding diaryl/α,β-unsaturated/α-hetero) is 1. The van der Waals surface area contributed by atoms with Gasteiger partial charge in [-0.05, 0) is 13.0 Å². The second-order valence-corrected chi connectivity index (χ2v) is 7.32. The quantitative estimate of drug-likeness (QED) is 0.257. The molecule has 4 rings (SSSR count). The molecule has 0 spiro atoms. The van der Waals surface area contributed by atoms with Gasteiger partial charge in [-0.3, -0.25) is 14.9 Å². The summed E-state index contributed by atoms with van der Waals surface area (Å²) in [5.41, 5.74) is 2.18. The molecule has 154 valence electrons. The van der Waals surface area contributed by atoms with Crippen molar-refractivity contribution in [3.63, 3.8) is 0 Å². The number of hydrogen-bond donors (Lipinski definition) is 1. The molecule has 0 bridgehead atoms. The van der Waals surface area contributed by atoms with Crippen LogP contribution < -0.4 is 14.8 Å². The van der Waals surface area contributed by atoms with Crippen LogP contribution in [0.25, 0.3) is 16.8 Å². The van der Waals surface area contributed by atoms with Crippen molar-refractivity contribution in [2.45, 2.75) is 6.92 Å². The molecule has 9 nitrogen and oxygen atoms in total. The molecule has 1 aliphatic rings. The Morgan fingerprint density at radius 2 is 2.10 bits per heavy atom.